The van der Waals surface area contributed by atoms with E-state index in [1.54, 1.807) is 18.5 Å². The summed E-state index contributed by atoms with van der Waals surface area (Å²) in [7, 11) is 1.99. The highest BCUT2D eigenvalue weighted by molar-refractivity contribution is 5.92. The van der Waals surface area contributed by atoms with E-state index in [1.165, 1.54) is 18.2 Å². The molecule has 1 aliphatic rings. The second-order valence-electron chi connectivity index (χ2n) is 11.9. The number of aromatic amines is 1. The van der Waals surface area contributed by atoms with E-state index >= 15 is 0 Å². The van der Waals surface area contributed by atoms with E-state index in [0.717, 1.165) is 71.9 Å². The molecule has 1 atom stereocenters. The van der Waals surface area contributed by atoms with Gasteiger partial charge in [-0.2, -0.15) is 13.2 Å². The van der Waals surface area contributed by atoms with Gasteiger partial charge in [0.15, 0.2) is 0 Å². The molecule has 5 aromatic rings. The number of fused-ring (bicyclic) bond motifs is 1. The first kappa shape index (κ1) is 32.0. The molecule has 1 fully saturated rings. The molecule has 0 spiro atoms. The van der Waals surface area contributed by atoms with Gasteiger partial charge < -0.3 is 14.8 Å². The third-order valence-corrected chi connectivity index (χ3v) is 8.96. The third kappa shape index (κ3) is 7.55. The third-order valence-electron chi connectivity index (χ3n) is 8.96. The van der Waals surface area contributed by atoms with Crippen LogP contribution in [0.1, 0.15) is 48.3 Å². The van der Waals surface area contributed by atoms with Crippen LogP contribution in [-0.4, -0.2) is 56.8 Å². The van der Waals surface area contributed by atoms with Crippen molar-refractivity contribution in [2.45, 2.75) is 44.6 Å². The molecule has 0 aliphatic carbocycles. The number of anilines is 2. The zero-order valence-corrected chi connectivity index (χ0v) is 26.4. The summed E-state index contributed by atoms with van der Waals surface area (Å²) in [6.45, 7) is 4.16. The molecule has 1 saturated heterocycles. The number of para-hydroxylation sites is 2. The van der Waals surface area contributed by atoms with Crippen LogP contribution >= 0.6 is 0 Å². The number of rotatable bonds is 9. The van der Waals surface area contributed by atoms with Crippen LogP contribution in [0.5, 0.6) is 0 Å². The predicted octanol–water partition coefficient (Wildman–Crippen LogP) is 8.01. The average Bonchev–Trinajstić information content (AvgIpc) is 3.54. The van der Waals surface area contributed by atoms with Crippen LogP contribution in [-0.2, 0) is 17.5 Å². The van der Waals surface area contributed by atoms with Crippen LogP contribution in [0.4, 0.5) is 24.5 Å². The van der Waals surface area contributed by atoms with Crippen molar-refractivity contribution in [2.75, 3.05) is 25.0 Å². The number of imidazole rings is 1. The normalized spacial score (nSPS) is 15.3. The van der Waals surface area contributed by atoms with Crippen LogP contribution < -0.4 is 4.90 Å². The van der Waals surface area contributed by atoms with Gasteiger partial charge in [-0.3, -0.25) is 14.7 Å². The number of aromatic nitrogens is 3. The van der Waals surface area contributed by atoms with Gasteiger partial charge in [-0.05, 0) is 85.5 Å². The number of carbonyl (C=O) groups excluding carboxylic acids is 1. The number of piperidine rings is 1. The molecule has 3 aromatic carbocycles. The van der Waals surface area contributed by atoms with Crippen LogP contribution in [0.15, 0.2) is 103 Å². The second kappa shape index (κ2) is 13.8. The lowest BCUT2D eigenvalue weighted by Crippen LogP contribution is -2.47. The van der Waals surface area contributed by atoms with Crippen LogP contribution in [0.25, 0.3) is 17.1 Å². The first-order valence-electron chi connectivity index (χ1n) is 15.7. The fourth-order valence-electron chi connectivity index (χ4n) is 6.10. The van der Waals surface area contributed by atoms with Gasteiger partial charge in [0, 0.05) is 62.6 Å². The first-order valence-corrected chi connectivity index (χ1v) is 15.7. The number of nitrogens with one attached hydrogen (secondary N) is 1. The monoisotopic (exact) mass is 638 g/mol. The number of halogens is 3. The molecule has 2 aromatic heterocycles. The number of H-pyrrole nitrogens is 1. The Hall–Kier alpha value is -4.96. The zero-order chi connectivity index (χ0) is 33.0. The largest absolute Gasteiger partial charge is 0.416 e. The van der Waals surface area contributed by atoms with Crippen molar-refractivity contribution in [3.05, 3.63) is 126 Å². The fraction of sp³-hybridized carbons (Fsp3) is 0.270. The number of likely N-dealkylation sites (tertiary alicyclic amines) is 1. The second-order valence-corrected chi connectivity index (χ2v) is 11.9. The van der Waals surface area contributed by atoms with Crippen molar-refractivity contribution in [1.82, 2.24) is 24.8 Å². The number of amides is 1. The number of alkyl halides is 3. The molecule has 0 radical (unpaired) electrons. The fourth-order valence-corrected chi connectivity index (χ4v) is 6.10. The van der Waals surface area contributed by atoms with Gasteiger partial charge in [-0.25, -0.2) is 4.98 Å². The summed E-state index contributed by atoms with van der Waals surface area (Å²) < 4.78 is 39.1. The number of benzene rings is 3. The molecule has 1 amide bonds. The SMILES string of the molecule is CC(c1nc2ccccc2[nH]1)N1CCC(N(Cc2ccc(N(C)c3ccncc3)cc2)C(=O)/C=C/c2ccc(C(F)(F)F)cc2)CC1. The number of pyridine rings is 1. The van der Waals surface area contributed by atoms with E-state index in [1.807, 2.05) is 72.6 Å². The Kier molecular flexibility index (Phi) is 9.40. The molecule has 1 N–H and O–H groups in total. The maximum absolute atomic E-state index is 13.8. The van der Waals surface area contributed by atoms with Crippen molar-refractivity contribution in [1.29, 1.82) is 0 Å². The zero-order valence-electron chi connectivity index (χ0n) is 26.4. The summed E-state index contributed by atoms with van der Waals surface area (Å²) in [5.41, 5.74) is 4.78. The topological polar surface area (TPSA) is 68.4 Å². The van der Waals surface area contributed by atoms with Crippen LogP contribution in [0, 0.1) is 0 Å². The highest BCUT2D eigenvalue weighted by Gasteiger charge is 2.31. The van der Waals surface area contributed by atoms with Crippen molar-refractivity contribution in [3.8, 4) is 0 Å². The molecule has 1 unspecified atom stereocenters. The average molecular weight is 639 g/mol. The van der Waals surface area contributed by atoms with Gasteiger partial charge in [0.1, 0.15) is 5.82 Å². The Morgan fingerprint density at radius 1 is 0.957 bits per heavy atom. The lowest BCUT2D eigenvalue weighted by molar-refractivity contribution is -0.137. The lowest BCUT2D eigenvalue weighted by Gasteiger charge is -2.40. The molecule has 7 nitrogen and oxygen atoms in total. The molecular weight excluding hydrogens is 601 g/mol. The minimum atomic E-state index is -4.41. The van der Waals surface area contributed by atoms with Crippen molar-refractivity contribution in [3.63, 3.8) is 0 Å². The van der Waals surface area contributed by atoms with Gasteiger partial charge in [-0.15, -0.1) is 0 Å². The summed E-state index contributed by atoms with van der Waals surface area (Å²) in [5.74, 6) is 0.751. The molecule has 0 bridgehead atoms. The lowest BCUT2D eigenvalue weighted by atomic mass is 10.00. The quantitative estimate of drug-likeness (QED) is 0.166. The summed E-state index contributed by atoms with van der Waals surface area (Å²) >= 11 is 0. The van der Waals surface area contributed by atoms with Gasteiger partial charge >= 0.3 is 6.18 Å². The van der Waals surface area contributed by atoms with Crippen molar-refractivity contribution in [2.24, 2.45) is 0 Å². The standard InChI is InChI=1S/C37H37F3N6O/c1-26(36-42-33-5-3-4-6-34(33)43-36)45-23-19-32(20-24-45)46(35(47)16-11-27-7-12-29(13-8-27)37(38,39)40)25-28-9-14-30(15-10-28)44(2)31-17-21-41-22-18-31/h3-18,21-22,26,32H,19-20,23-25H2,1-2H3,(H,42,43)/b16-11+. The highest BCUT2D eigenvalue weighted by Crippen LogP contribution is 2.30. The number of nitrogens with zero attached hydrogens (tertiary/aromatic N) is 5. The Morgan fingerprint density at radius 2 is 1.62 bits per heavy atom. The molecule has 1 aliphatic heterocycles. The smallest absolute Gasteiger partial charge is 0.345 e. The predicted molar refractivity (Wildman–Crippen MR) is 179 cm³/mol. The van der Waals surface area contributed by atoms with Gasteiger partial charge in [0.25, 0.3) is 0 Å². The van der Waals surface area contributed by atoms with Crippen molar-refractivity contribution >= 4 is 34.4 Å². The molecule has 6 rings (SSSR count). The Labute approximate surface area is 272 Å². The Balaban J connectivity index is 1.17. The summed E-state index contributed by atoms with van der Waals surface area (Å²) in [6.07, 6.45) is 3.72. The van der Waals surface area contributed by atoms with E-state index < -0.39 is 11.7 Å². The maximum Gasteiger partial charge on any atom is 0.416 e. The Bertz CT molecular complexity index is 1780. The van der Waals surface area contributed by atoms with E-state index in [-0.39, 0.29) is 18.0 Å². The van der Waals surface area contributed by atoms with E-state index in [4.69, 9.17) is 4.98 Å². The van der Waals surface area contributed by atoms with E-state index in [2.05, 4.69) is 26.7 Å². The molecule has 0 saturated carbocycles. The van der Waals surface area contributed by atoms with Crippen LogP contribution in [0.2, 0.25) is 0 Å². The van der Waals surface area contributed by atoms with E-state index in [9.17, 15) is 18.0 Å². The number of hydrogen-bond donors (Lipinski definition) is 1. The van der Waals surface area contributed by atoms with E-state index in [0.29, 0.717) is 12.1 Å². The van der Waals surface area contributed by atoms with Crippen molar-refractivity contribution < 1.29 is 18.0 Å². The van der Waals surface area contributed by atoms with Gasteiger partial charge in [0.2, 0.25) is 5.91 Å². The molecule has 242 valence electrons. The summed E-state index contributed by atoms with van der Waals surface area (Å²) in [5, 5.41) is 0. The molecular formula is C37H37F3N6O. The van der Waals surface area contributed by atoms with Crippen LogP contribution in [0.3, 0.4) is 0 Å². The first-order chi connectivity index (χ1) is 22.7. The summed E-state index contributed by atoms with van der Waals surface area (Å²) in [6, 6.07) is 24.9. The maximum atomic E-state index is 13.8. The van der Waals surface area contributed by atoms with Gasteiger partial charge in [-0.1, -0.05) is 36.4 Å². The Morgan fingerprint density at radius 3 is 2.28 bits per heavy atom. The summed E-state index contributed by atoms with van der Waals surface area (Å²) in [4.78, 5) is 32.4. The molecule has 47 heavy (non-hydrogen) atoms. The minimum Gasteiger partial charge on any atom is -0.345 e. The highest BCUT2D eigenvalue weighted by atomic mass is 19.4. The molecule has 10 heteroatoms. The number of carbonyl (C=O) groups is 1. The van der Waals surface area contributed by atoms with Gasteiger partial charge in [0.05, 0.1) is 22.6 Å². The minimum absolute atomic E-state index is 0.00181. The molecule has 3 heterocycles. The number of hydrogen-bond acceptors (Lipinski definition) is 5.